The minimum atomic E-state index is -4.96. The maximum atomic E-state index is 13.0. The van der Waals surface area contributed by atoms with Crippen LogP contribution < -0.4 is 0 Å². The van der Waals surface area contributed by atoms with Crippen molar-refractivity contribution in [2.75, 3.05) is 39.6 Å². The normalized spacial score (nSPS) is 14.8. The van der Waals surface area contributed by atoms with E-state index in [0.717, 1.165) is 186 Å². The lowest BCUT2D eigenvalue weighted by atomic mass is 10.0. The minimum Gasteiger partial charge on any atom is -0.463 e. The zero-order valence-corrected chi connectivity index (χ0v) is 72.3. The van der Waals surface area contributed by atoms with Crippen molar-refractivity contribution in [1.82, 2.24) is 0 Å². The third kappa shape index (κ3) is 87.1. The molecule has 0 fully saturated rings. The molecule has 0 saturated heterocycles. The van der Waals surface area contributed by atoms with Crippen molar-refractivity contribution in [2.24, 2.45) is 0 Å². The Morgan fingerprint density at radius 3 is 0.743 bits per heavy atom. The molecular formula is C95H156O16P2. The van der Waals surface area contributed by atoms with E-state index in [1.165, 1.54) is 83.5 Å². The predicted octanol–water partition coefficient (Wildman–Crippen LogP) is 26.7. The molecule has 0 amide bonds. The van der Waals surface area contributed by atoms with Crippen LogP contribution in [0.1, 0.15) is 329 Å². The van der Waals surface area contributed by atoms with Crippen LogP contribution in [0.3, 0.4) is 0 Å². The molecule has 0 aliphatic carbocycles. The molecule has 0 heterocycles. The van der Waals surface area contributed by atoms with Crippen molar-refractivity contribution in [3.05, 3.63) is 194 Å². The molecular weight excluding hydrogens is 1460 g/mol. The molecule has 642 valence electrons. The highest BCUT2D eigenvalue weighted by atomic mass is 31.2. The largest absolute Gasteiger partial charge is 0.472 e. The number of phosphoric ester groups is 2. The summed E-state index contributed by atoms with van der Waals surface area (Å²) in [5, 5.41) is 20.7. The van der Waals surface area contributed by atoms with Gasteiger partial charge in [-0.3, -0.25) is 32.5 Å². The summed E-state index contributed by atoms with van der Waals surface area (Å²) in [6.07, 6.45) is 113. The Labute approximate surface area is 687 Å². The number of hydrogen-bond acceptors (Lipinski definition) is 14. The van der Waals surface area contributed by atoms with Crippen LogP contribution in [0.25, 0.3) is 0 Å². The van der Waals surface area contributed by atoms with Gasteiger partial charge in [0.15, 0.2) is 6.10 Å². The Morgan fingerprint density at radius 1 is 0.257 bits per heavy atom. The van der Waals surface area contributed by atoms with Gasteiger partial charge in [-0.25, -0.2) is 9.13 Å². The molecule has 5 unspecified atom stereocenters. The number of rotatable bonds is 81. The fraction of sp³-hybridized carbons (Fsp3) is 0.632. The lowest BCUT2D eigenvalue weighted by molar-refractivity contribution is -0.161. The van der Waals surface area contributed by atoms with Gasteiger partial charge in [-0.1, -0.05) is 337 Å². The first-order valence-electron chi connectivity index (χ1n) is 43.7. The molecule has 16 nitrogen and oxygen atoms in total. The van der Waals surface area contributed by atoms with Crippen LogP contribution in [0.5, 0.6) is 0 Å². The van der Waals surface area contributed by atoms with E-state index in [2.05, 4.69) is 215 Å². The van der Waals surface area contributed by atoms with Gasteiger partial charge < -0.3 is 34.2 Å². The first-order valence-corrected chi connectivity index (χ1v) is 46.7. The fourth-order valence-electron chi connectivity index (χ4n) is 11.2. The van der Waals surface area contributed by atoms with Crippen molar-refractivity contribution in [3.63, 3.8) is 0 Å². The molecule has 0 aliphatic heterocycles. The molecule has 0 aromatic heterocycles. The first-order chi connectivity index (χ1) is 55.2. The number of carbonyl (C=O) groups excluding carboxylic acids is 3. The smallest absolute Gasteiger partial charge is 0.463 e. The van der Waals surface area contributed by atoms with Crippen molar-refractivity contribution in [3.8, 4) is 0 Å². The Bertz CT molecular complexity index is 2830. The van der Waals surface area contributed by atoms with Gasteiger partial charge in [0.1, 0.15) is 25.4 Å². The van der Waals surface area contributed by atoms with Gasteiger partial charge in [0.25, 0.3) is 0 Å². The average molecular weight is 1620 g/mol. The molecule has 0 aromatic rings. The zero-order valence-electron chi connectivity index (χ0n) is 70.5. The van der Waals surface area contributed by atoms with E-state index in [0.29, 0.717) is 19.3 Å². The summed E-state index contributed by atoms with van der Waals surface area (Å²) in [7, 11) is -9.83. The number of ether oxygens (including phenoxy) is 3. The quantitative estimate of drug-likeness (QED) is 0.0146. The minimum absolute atomic E-state index is 0.0628. The number of carbonyl (C=O) groups is 3. The van der Waals surface area contributed by atoms with Crippen LogP contribution >= 0.6 is 15.6 Å². The number of hydrogen-bond donors (Lipinski definition) is 4. The number of allylic oxidation sites excluding steroid dienone is 32. The molecule has 113 heavy (non-hydrogen) atoms. The highest BCUT2D eigenvalue weighted by molar-refractivity contribution is 7.47. The number of aliphatic hydroxyl groups is 2. The summed E-state index contributed by atoms with van der Waals surface area (Å²) in [5.74, 6) is -1.63. The van der Waals surface area contributed by atoms with E-state index < -0.39 is 91.5 Å². The fourth-order valence-corrected chi connectivity index (χ4v) is 12.8. The van der Waals surface area contributed by atoms with Crippen LogP contribution in [-0.2, 0) is 55.8 Å². The second-order valence-corrected chi connectivity index (χ2v) is 31.5. The summed E-state index contributed by atoms with van der Waals surface area (Å²) in [6.45, 7) is 2.38. The highest BCUT2D eigenvalue weighted by Gasteiger charge is 2.29. The molecule has 0 saturated carbocycles. The van der Waals surface area contributed by atoms with E-state index in [-0.39, 0.29) is 19.3 Å². The standard InChI is InChI=1S/C95H156O16P2/c1-4-7-10-13-16-19-22-25-28-31-34-37-40-42-43-44-45-47-50-51-54-57-60-63-66-69-72-75-78-81-93(98)105-84-90(96)85-107-112(101,102)108-86-91(97)87-109-113(103,104)110-89-92(111-95(100)83-80-77-74-71-68-65-62-59-56-53-48-39-36-33-30-27-24-21-18-15-12-9-6-3)88-106-94(99)82-79-76-73-70-67-64-61-58-55-52-49-46-41-38-35-32-29-26-23-20-17-14-11-8-5-2/h8-9,11-12,16-21,25-30,34-39,42-43,46,49,53,55-56,58,62,65,90-92,96-97H,4-7,10,13-15,22-24,31-33,40-41,44-45,47-48,50-52,54,57,59-61,63-64,66-89H2,1-3H3,(H,101,102)(H,103,104)/b11-8-,12-9-,19-16-,20-17-,21-18-,28-25-,29-26-,30-27-,37-34-,38-35-,39-36-,43-42-,49-46-,56-53-,58-55-,65-62-. The molecule has 4 N–H and O–H groups in total. The van der Waals surface area contributed by atoms with Gasteiger partial charge in [0, 0.05) is 19.3 Å². The van der Waals surface area contributed by atoms with Crippen LogP contribution in [-0.4, -0.2) is 95.9 Å². The summed E-state index contributed by atoms with van der Waals surface area (Å²) < 4.78 is 61.4. The second-order valence-electron chi connectivity index (χ2n) is 28.6. The Kier molecular flexibility index (Phi) is 81.5. The van der Waals surface area contributed by atoms with E-state index in [1.54, 1.807) is 0 Å². The highest BCUT2D eigenvalue weighted by Crippen LogP contribution is 2.45. The second kappa shape index (κ2) is 85.8. The zero-order chi connectivity index (χ0) is 82.2. The SMILES string of the molecule is CC/C=C\C/C=C\C/C=C\C/C=C\C/C=C\C/C=C\CCCCCCCCC(=O)OCC(COP(=O)(O)OCC(O)COP(=O)(O)OCC(O)COC(=O)CCCCCCCCCCCCCCC/C=C\C/C=C\C/C=C\C/C=C\CCCCC)OC(=O)CCCCCC/C=C\C/C=C\C/C=C\C/C=C\C/C=C\C/C=C\CC. The molecule has 5 atom stereocenters. The van der Waals surface area contributed by atoms with E-state index in [4.69, 9.17) is 32.3 Å². The van der Waals surface area contributed by atoms with Crippen LogP contribution in [0, 0.1) is 0 Å². The molecule has 0 radical (unpaired) electrons. The van der Waals surface area contributed by atoms with E-state index in [1.807, 2.05) is 0 Å². The summed E-state index contributed by atoms with van der Waals surface area (Å²) in [4.78, 5) is 58.9. The Hall–Kier alpha value is -5.61. The summed E-state index contributed by atoms with van der Waals surface area (Å²) in [6, 6.07) is 0. The van der Waals surface area contributed by atoms with Crippen LogP contribution in [0.4, 0.5) is 0 Å². The van der Waals surface area contributed by atoms with Crippen molar-refractivity contribution in [1.29, 1.82) is 0 Å². The summed E-state index contributed by atoms with van der Waals surface area (Å²) >= 11 is 0. The third-order valence-corrected chi connectivity index (χ3v) is 19.7. The van der Waals surface area contributed by atoms with Crippen molar-refractivity contribution >= 4 is 33.6 Å². The molecule has 0 spiro atoms. The topological polar surface area (TPSA) is 231 Å². The Balaban J connectivity index is 4.70. The van der Waals surface area contributed by atoms with E-state index >= 15 is 0 Å². The van der Waals surface area contributed by atoms with Crippen LogP contribution in [0.2, 0.25) is 0 Å². The average Bonchev–Trinajstić information content (AvgIpc) is 0.901. The van der Waals surface area contributed by atoms with Crippen molar-refractivity contribution < 1.29 is 75.8 Å². The van der Waals surface area contributed by atoms with Gasteiger partial charge >= 0.3 is 33.6 Å². The molecule has 0 aromatic carbocycles. The molecule has 0 rings (SSSR count). The maximum absolute atomic E-state index is 13.0. The van der Waals surface area contributed by atoms with Crippen molar-refractivity contribution in [2.45, 2.75) is 347 Å². The monoisotopic (exact) mass is 1620 g/mol. The third-order valence-electron chi connectivity index (χ3n) is 17.8. The number of phosphoric acid groups is 2. The Morgan fingerprint density at radius 2 is 0.469 bits per heavy atom. The van der Waals surface area contributed by atoms with Gasteiger partial charge in [-0.05, 0) is 167 Å². The van der Waals surface area contributed by atoms with Gasteiger partial charge in [0.2, 0.25) is 0 Å². The number of aliphatic hydroxyl groups excluding tert-OH is 2. The lowest BCUT2D eigenvalue weighted by Gasteiger charge is -2.21. The predicted molar refractivity (Wildman–Crippen MR) is 472 cm³/mol. The van der Waals surface area contributed by atoms with Gasteiger partial charge in [0.05, 0.1) is 26.4 Å². The first kappa shape index (κ1) is 107. The summed E-state index contributed by atoms with van der Waals surface area (Å²) in [5.41, 5.74) is 0. The van der Waals surface area contributed by atoms with E-state index in [9.17, 15) is 43.5 Å². The number of unbranched alkanes of at least 4 members (excludes halogenated alkanes) is 26. The van der Waals surface area contributed by atoms with Gasteiger partial charge in [-0.2, -0.15) is 0 Å². The number of esters is 3. The van der Waals surface area contributed by atoms with Crippen LogP contribution in [0.15, 0.2) is 194 Å². The van der Waals surface area contributed by atoms with Gasteiger partial charge in [-0.15, -0.1) is 0 Å². The molecule has 18 heteroatoms. The molecule has 0 bridgehead atoms. The lowest BCUT2D eigenvalue weighted by Crippen LogP contribution is -2.30. The molecule has 0 aliphatic rings. The maximum Gasteiger partial charge on any atom is 0.472 e.